The van der Waals surface area contributed by atoms with Crippen molar-refractivity contribution in [2.45, 2.75) is 6.54 Å². The number of H-pyrrole nitrogens is 1. The van der Waals surface area contributed by atoms with E-state index in [9.17, 15) is 4.79 Å². The molecule has 0 saturated heterocycles. The Balaban J connectivity index is 1.67. The summed E-state index contributed by atoms with van der Waals surface area (Å²) in [5, 5.41) is 14.1. The number of nitrogens with one attached hydrogen (secondary N) is 2. The number of rotatable bonds is 4. The predicted octanol–water partition coefficient (Wildman–Crippen LogP) is 3.32. The average Bonchev–Trinajstić information content (AvgIpc) is 3.10. The molecule has 8 heteroatoms. The summed E-state index contributed by atoms with van der Waals surface area (Å²) in [5.41, 5.74) is 1.42. The molecule has 0 atom stereocenters. The van der Waals surface area contributed by atoms with Crippen LogP contribution in [0.15, 0.2) is 47.2 Å². The van der Waals surface area contributed by atoms with Crippen LogP contribution in [-0.4, -0.2) is 25.9 Å². The molecule has 6 nitrogen and oxygen atoms in total. The molecule has 3 rings (SSSR count). The molecule has 1 amide bonds. The quantitative estimate of drug-likeness (QED) is 0.729. The number of carbonyl (C=O) groups excluding carboxylic acids is 1. The number of benzene rings is 1. The average molecular weight is 381 g/mol. The van der Waals surface area contributed by atoms with Gasteiger partial charge in [0, 0.05) is 17.3 Å². The lowest BCUT2D eigenvalue weighted by Gasteiger charge is -2.03. The molecule has 3 aromatic rings. The van der Waals surface area contributed by atoms with E-state index in [1.807, 2.05) is 24.3 Å². The third kappa shape index (κ3) is 3.37. The van der Waals surface area contributed by atoms with Gasteiger partial charge in [-0.1, -0.05) is 23.7 Å². The summed E-state index contributed by atoms with van der Waals surface area (Å²) < 4.78 is 2.34. The van der Waals surface area contributed by atoms with Gasteiger partial charge in [0.1, 0.15) is 5.69 Å². The van der Waals surface area contributed by atoms with E-state index in [-0.39, 0.29) is 5.91 Å². The largest absolute Gasteiger partial charge is 0.304 e. The molecule has 0 fully saturated rings. The lowest BCUT2D eigenvalue weighted by Crippen LogP contribution is -2.14. The van der Waals surface area contributed by atoms with Crippen molar-refractivity contribution in [2.75, 3.05) is 5.32 Å². The normalized spacial score (nSPS) is 10.6. The van der Waals surface area contributed by atoms with E-state index in [1.165, 1.54) is 6.20 Å². The molecule has 0 unspecified atom stereocenters. The van der Waals surface area contributed by atoms with Crippen LogP contribution in [0.1, 0.15) is 16.1 Å². The maximum atomic E-state index is 12.0. The summed E-state index contributed by atoms with van der Waals surface area (Å²) in [5.74, 6) is 0.168. The first-order valence-electron chi connectivity index (χ1n) is 6.40. The van der Waals surface area contributed by atoms with E-state index in [2.05, 4.69) is 36.5 Å². The highest BCUT2D eigenvalue weighted by atomic mass is 79.9. The summed E-state index contributed by atoms with van der Waals surface area (Å²) in [6.45, 7) is 0.598. The van der Waals surface area contributed by atoms with Crippen LogP contribution in [0.25, 0.3) is 0 Å². The number of hydrogen-bond donors (Lipinski definition) is 2. The van der Waals surface area contributed by atoms with Crippen molar-refractivity contribution in [3.05, 3.63) is 63.5 Å². The molecule has 2 aromatic heterocycles. The summed E-state index contributed by atoms with van der Waals surface area (Å²) in [7, 11) is 0. The second-order valence-electron chi connectivity index (χ2n) is 4.57. The third-order valence-electron chi connectivity index (χ3n) is 2.96. The first kappa shape index (κ1) is 14.8. The molecular formula is C14H11BrClN5O. The first-order valence-corrected chi connectivity index (χ1v) is 7.57. The van der Waals surface area contributed by atoms with E-state index in [0.717, 1.165) is 5.56 Å². The number of anilines is 1. The number of carbonyl (C=O) groups is 1. The molecule has 0 aliphatic rings. The van der Waals surface area contributed by atoms with Crippen molar-refractivity contribution >= 4 is 39.3 Å². The van der Waals surface area contributed by atoms with Gasteiger partial charge in [0.05, 0.1) is 17.2 Å². The van der Waals surface area contributed by atoms with E-state index in [1.54, 1.807) is 16.9 Å². The van der Waals surface area contributed by atoms with Crippen LogP contribution in [0.4, 0.5) is 5.82 Å². The predicted molar refractivity (Wildman–Crippen MR) is 87.0 cm³/mol. The topological polar surface area (TPSA) is 75.6 Å². The van der Waals surface area contributed by atoms with Gasteiger partial charge in [0.25, 0.3) is 5.91 Å². The first-order chi connectivity index (χ1) is 10.6. The number of hydrogen-bond acceptors (Lipinski definition) is 3. The molecule has 0 aliphatic heterocycles. The van der Waals surface area contributed by atoms with E-state index < -0.39 is 0 Å². The SMILES string of the molecule is O=C(Nc1ccn(Cc2ccc(Cl)cc2)n1)c1[nH]ncc1Br. The Morgan fingerprint density at radius 1 is 1.32 bits per heavy atom. The lowest BCUT2D eigenvalue weighted by molar-refractivity contribution is 0.102. The molecule has 0 spiro atoms. The maximum absolute atomic E-state index is 12.0. The Labute approximate surface area is 139 Å². The van der Waals surface area contributed by atoms with Gasteiger partial charge in [-0.05, 0) is 33.6 Å². The van der Waals surface area contributed by atoms with Crippen LogP contribution >= 0.6 is 27.5 Å². The number of nitrogens with zero attached hydrogens (tertiary/aromatic N) is 3. The van der Waals surface area contributed by atoms with Crippen LogP contribution in [0.3, 0.4) is 0 Å². The highest BCUT2D eigenvalue weighted by molar-refractivity contribution is 9.10. The van der Waals surface area contributed by atoms with Crippen molar-refractivity contribution in [2.24, 2.45) is 0 Å². The lowest BCUT2D eigenvalue weighted by atomic mass is 10.2. The van der Waals surface area contributed by atoms with Crippen molar-refractivity contribution in [3.63, 3.8) is 0 Å². The van der Waals surface area contributed by atoms with E-state index in [4.69, 9.17) is 11.6 Å². The zero-order chi connectivity index (χ0) is 15.5. The van der Waals surface area contributed by atoms with Crippen LogP contribution in [0, 0.1) is 0 Å². The second kappa shape index (κ2) is 6.33. The summed E-state index contributed by atoms with van der Waals surface area (Å²) in [6, 6.07) is 9.27. The zero-order valence-corrected chi connectivity index (χ0v) is 13.6. The van der Waals surface area contributed by atoms with Gasteiger partial charge in [-0.2, -0.15) is 10.2 Å². The number of aromatic nitrogens is 4. The minimum Gasteiger partial charge on any atom is -0.304 e. The van der Waals surface area contributed by atoms with Crippen LogP contribution in [-0.2, 0) is 6.54 Å². The number of halogens is 2. The summed E-state index contributed by atoms with van der Waals surface area (Å²) >= 11 is 9.10. The molecule has 2 N–H and O–H groups in total. The standard InChI is InChI=1S/C14H11BrClN5O/c15-11-7-17-19-13(11)14(22)18-12-5-6-21(20-12)8-9-1-3-10(16)4-2-9/h1-7H,8H2,(H,17,19)(H,18,20,22). The maximum Gasteiger partial charge on any atom is 0.276 e. The minimum atomic E-state index is -0.305. The fourth-order valence-electron chi connectivity index (χ4n) is 1.90. The molecular weight excluding hydrogens is 370 g/mol. The number of amides is 1. The smallest absolute Gasteiger partial charge is 0.276 e. The van der Waals surface area contributed by atoms with Crippen LogP contribution < -0.4 is 5.32 Å². The zero-order valence-electron chi connectivity index (χ0n) is 11.3. The fourth-order valence-corrected chi connectivity index (χ4v) is 2.40. The Morgan fingerprint density at radius 3 is 2.77 bits per heavy atom. The highest BCUT2D eigenvalue weighted by Gasteiger charge is 2.13. The van der Waals surface area contributed by atoms with Gasteiger partial charge < -0.3 is 5.32 Å². The van der Waals surface area contributed by atoms with E-state index in [0.29, 0.717) is 27.6 Å². The van der Waals surface area contributed by atoms with Gasteiger partial charge in [0.2, 0.25) is 0 Å². The van der Waals surface area contributed by atoms with E-state index >= 15 is 0 Å². The van der Waals surface area contributed by atoms with Gasteiger partial charge in [-0.3, -0.25) is 14.6 Å². The fraction of sp³-hybridized carbons (Fsp3) is 0.0714. The van der Waals surface area contributed by atoms with Gasteiger partial charge >= 0.3 is 0 Å². The van der Waals surface area contributed by atoms with Crippen molar-refractivity contribution in [3.8, 4) is 0 Å². The molecule has 0 bridgehead atoms. The Kier molecular flexibility index (Phi) is 4.26. The third-order valence-corrected chi connectivity index (χ3v) is 3.81. The van der Waals surface area contributed by atoms with Gasteiger partial charge in [0.15, 0.2) is 5.82 Å². The second-order valence-corrected chi connectivity index (χ2v) is 5.86. The molecule has 22 heavy (non-hydrogen) atoms. The van der Waals surface area contributed by atoms with Crippen LogP contribution in [0.2, 0.25) is 5.02 Å². The Morgan fingerprint density at radius 2 is 2.09 bits per heavy atom. The molecule has 0 radical (unpaired) electrons. The van der Waals surface area contributed by atoms with Crippen molar-refractivity contribution in [1.82, 2.24) is 20.0 Å². The molecule has 0 aliphatic carbocycles. The Bertz CT molecular complexity index is 796. The molecule has 0 saturated carbocycles. The summed E-state index contributed by atoms with van der Waals surface area (Å²) in [6.07, 6.45) is 3.32. The van der Waals surface area contributed by atoms with Crippen molar-refractivity contribution in [1.29, 1.82) is 0 Å². The molecule has 112 valence electrons. The molecule has 1 aromatic carbocycles. The van der Waals surface area contributed by atoms with Crippen LogP contribution in [0.5, 0.6) is 0 Å². The minimum absolute atomic E-state index is 0.305. The van der Waals surface area contributed by atoms with Crippen molar-refractivity contribution < 1.29 is 4.79 Å². The number of aromatic amines is 1. The Hall–Kier alpha value is -2.12. The van der Waals surface area contributed by atoms with Gasteiger partial charge in [-0.15, -0.1) is 0 Å². The monoisotopic (exact) mass is 379 g/mol. The molecule has 2 heterocycles. The van der Waals surface area contributed by atoms with Gasteiger partial charge in [-0.25, -0.2) is 0 Å². The highest BCUT2D eigenvalue weighted by Crippen LogP contribution is 2.15. The summed E-state index contributed by atoms with van der Waals surface area (Å²) in [4.78, 5) is 12.0.